The molecule has 0 aromatic heterocycles. The van der Waals surface area contributed by atoms with Crippen LogP contribution in [0.15, 0.2) is 24.3 Å². The summed E-state index contributed by atoms with van der Waals surface area (Å²) in [6, 6.07) is 4.87. The van der Waals surface area contributed by atoms with Crippen LogP contribution in [-0.2, 0) is 9.59 Å². The number of anilines is 1. The average Bonchev–Trinajstić information content (AvgIpc) is 2.20. The zero-order chi connectivity index (χ0) is 12.1. The first kappa shape index (κ1) is 11.9. The van der Waals surface area contributed by atoms with Gasteiger partial charge in [-0.3, -0.25) is 4.79 Å². The molecule has 0 saturated heterocycles. The molecule has 2 N–H and O–H groups in total. The van der Waals surface area contributed by atoms with Crippen LogP contribution in [-0.4, -0.2) is 23.6 Å². The van der Waals surface area contributed by atoms with Crippen LogP contribution in [0.25, 0.3) is 0 Å². The lowest BCUT2D eigenvalue weighted by molar-refractivity contribution is -0.147. The Morgan fingerprint density at radius 3 is 2.25 bits per heavy atom. The number of carbonyl (C=O) groups excluding carboxylic acids is 1. The van der Waals surface area contributed by atoms with E-state index in [1.807, 2.05) is 5.32 Å². The number of carbonyl (C=O) groups is 2. The number of carboxylic acid groups (broad SMARTS) is 1. The minimum Gasteiger partial charge on any atom is -0.474 e. The highest BCUT2D eigenvalue weighted by Gasteiger charge is 2.11. The summed E-state index contributed by atoms with van der Waals surface area (Å²) in [7, 11) is 0. The summed E-state index contributed by atoms with van der Waals surface area (Å²) in [4.78, 5) is 20.9. The summed E-state index contributed by atoms with van der Waals surface area (Å²) in [5.74, 6) is -2.92. The predicted molar refractivity (Wildman–Crippen MR) is 49.3 cm³/mol. The van der Waals surface area contributed by atoms with E-state index in [9.17, 15) is 18.4 Å². The molecule has 1 amide bonds. The van der Waals surface area contributed by atoms with Crippen LogP contribution < -0.4 is 10.1 Å². The Morgan fingerprint density at radius 2 is 1.81 bits per heavy atom. The lowest BCUT2D eigenvalue weighted by Crippen LogP contribution is -2.21. The second-order valence-electron chi connectivity index (χ2n) is 2.66. The van der Waals surface area contributed by atoms with Gasteiger partial charge < -0.3 is 15.2 Å². The fourth-order valence-electron chi connectivity index (χ4n) is 0.904. The first-order chi connectivity index (χ1) is 7.49. The molecule has 0 heterocycles. The number of amides is 1. The Bertz CT molecular complexity index is 391. The summed E-state index contributed by atoms with van der Waals surface area (Å²) < 4.78 is 27.6. The molecule has 0 bridgehead atoms. The third-order valence-electron chi connectivity index (χ3n) is 1.53. The first-order valence-corrected chi connectivity index (χ1v) is 4.08. The molecular weight excluding hydrogens is 224 g/mol. The van der Waals surface area contributed by atoms with Crippen molar-refractivity contribution >= 4 is 17.6 Å². The number of ether oxygens (including phenoxy) is 1. The standard InChI is InChI=1S/C9H7F2NO4/c10-9(11)16-6-3-1-5(2-4-6)12-7(13)8(14)15/h1-4,9H,(H,12,13)(H,14,15). The van der Waals surface area contributed by atoms with E-state index in [2.05, 4.69) is 4.74 Å². The number of carboxylic acids is 1. The molecule has 1 aromatic carbocycles. The summed E-state index contributed by atoms with van der Waals surface area (Å²) in [5.41, 5.74) is 0.175. The second kappa shape index (κ2) is 5.06. The van der Waals surface area contributed by atoms with Gasteiger partial charge >= 0.3 is 18.5 Å². The Labute approximate surface area is 88.6 Å². The zero-order valence-electron chi connectivity index (χ0n) is 7.81. The van der Waals surface area contributed by atoms with Gasteiger partial charge in [0.1, 0.15) is 5.75 Å². The topological polar surface area (TPSA) is 75.6 Å². The van der Waals surface area contributed by atoms with Gasteiger partial charge in [0.2, 0.25) is 0 Å². The van der Waals surface area contributed by atoms with Crippen molar-refractivity contribution in [1.82, 2.24) is 0 Å². The largest absolute Gasteiger partial charge is 0.474 e. The number of rotatable bonds is 3. The van der Waals surface area contributed by atoms with Gasteiger partial charge in [-0.15, -0.1) is 0 Å². The van der Waals surface area contributed by atoms with Gasteiger partial charge in [-0.05, 0) is 24.3 Å². The number of halogens is 2. The van der Waals surface area contributed by atoms with E-state index in [-0.39, 0.29) is 11.4 Å². The van der Waals surface area contributed by atoms with Crippen LogP contribution in [0.3, 0.4) is 0 Å². The third-order valence-corrected chi connectivity index (χ3v) is 1.53. The van der Waals surface area contributed by atoms with Crippen molar-refractivity contribution in [3.63, 3.8) is 0 Å². The van der Waals surface area contributed by atoms with E-state index in [4.69, 9.17) is 5.11 Å². The van der Waals surface area contributed by atoms with Crippen molar-refractivity contribution in [1.29, 1.82) is 0 Å². The number of hydrogen-bond donors (Lipinski definition) is 2. The zero-order valence-corrected chi connectivity index (χ0v) is 7.81. The lowest BCUT2D eigenvalue weighted by Gasteiger charge is -2.05. The summed E-state index contributed by atoms with van der Waals surface area (Å²) in [6.45, 7) is -2.93. The first-order valence-electron chi connectivity index (χ1n) is 4.08. The average molecular weight is 231 g/mol. The quantitative estimate of drug-likeness (QED) is 0.769. The number of alkyl halides is 2. The predicted octanol–water partition coefficient (Wildman–Crippen LogP) is 1.31. The van der Waals surface area contributed by atoms with Crippen molar-refractivity contribution in [3.05, 3.63) is 24.3 Å². The molecule has 0 saturated carbocycles. The van der Waals surface area contributed by atoms with Crippen LogP contribution in [0.1, 0.15) is 0 Å². The van der Waals surface area contributed by atoms with Crippen LogP contribution in [0.2, 0.25) is 0 Å². The van der Waals surface area contributed by atoms with Gasteiger partial charge in [0, 0.05) is 5.69 Å². The van der Waals surface area contributed by atoms with Gasteiger partial charge in [-0.25, -0.2) is 4.79 Å². The highest BCUT2D eigenvalue weighted by molar-refractivity contribution is 6.36. The number of aliphatic carboxylic acids is 1. The highest BCUT2D eigenvalue weighted by atomic mass is 19.3. The summed E-state index contributed by atoms with van der Waals surface area (Å²) in [6.07, 6.45) is 0. The lowest BCUT2D eigenvalue weighted by atomic mass is 10.3. The summed E-state index contributed by atoms with van der Waals surface area (Å²) >= 11 is 0. The molecule has 0 fully saturated rings. The molecule has 1 aromatic rings. The molecular formula is C9H7F2NO4. The van der Waals surface area contributed by atoms with E-state index < -0.39 is 18.5 Å². The summed E-state index contributed by atoms with van der Waals surface area (Å²) in [5, 5.41) is 10.3. The van der Waals surface area contributed by atoms with Gasteiger partial charge in [-0.1, -0.05) is 0 Å². The molecule has 0 aliphatic heterocycles. The molecule has 0 atom stereocenters. The van der Waals surface area contributed by atoms with Gasteiger partial charge in [0.15, 0.2) is 0 Å². The number of hydrogen-bond acceptors (Lipinski definition) is 3. The molecule has 0 spiro atoms. The normalized spacial score (nSPS) is 9.94. The smallest absolute Gasteiger partial charge is 0.394 e. The van der Waals surface area contributed by atoms with Crippen molar-refractivity contribution in [3.8, 4) is 5.75 Å². The Hall–Kier alpha value is -2.18. The van der Waals surface area contributed by atoms with E-state index in [1.54, 1.807) is 0 Å². The molecule has 0 radical (unpaired) electrons. The molecule has 0 aliphatic carbocycles. The van der Waals surface area contributed by atoms with Crippen molar-refractivity contribution < 1.29 is 28.2 Å². The van der Waals surface area contributed by atoms with E-state index in [0.717, 1.165) is 0 Å². The van der Waals surface area contributed by atoms with Gasteiger partial charge in [-0.2, -0.15) is 8.78 Å². The van der Waals surface area contributed by atoms with E-state index in [0.29, 0.717) is 0 Å². The van der Waals surface area contributed by atoms with Crippen LogP contribution in [0.4, 0.5) is 14.5 Å². The van der Waals surface area contributed by atoms with Crippen molar-refractivity contribution in [2.24, 2.45) is 0 Å². The molecule has 1 rings (SSSR count). The van der Waals surface area contributed by atoms with Crippen LogP contribution in [0.5, 0.6) is 5.75 Å². The minimum absolute atomic E-state index is 0.0803. The molecule has 0 unspecified atom stereocenters. The monoisotopic (exact) mass is 231 g/mol. The maximum absolute atomic E-state index is 11.8. The molecule has 16 heavy (non-hydrogen) atoms. The van der Waals surface area contributed by atoms with Crippen molar-refractivity contribution in [2.75, 3.05) is 5.32 Å². The van der Waals surface area contributed by atoms with E-state index in [1.165, 1.54) is 24.3 Å². The fourth-order valence-corrected chi connectivity index (χ4v) is 0.904. The maximum Gasteiger partial charge on any atom is 0.394 e. The SMILES string of the molecule is O=C(O)C(=O)Nc1ccc(OC(F)F)cc1. The van der Waals surface area contributed by atoms with Crippen LogP contribution >= 0.6 is 0 Å². The highest BCUT2D eigenvalue weighted by Crippen LogP contribution is 2.17. The molecule has 5 nitrogen and oxygen atoms in total. The van der Waals surface area contributed by atoms with Crippen molar-refractivity contribution in [2.45, 2.75) is 6.61 Å². The number of benzene rings is 1. The number of nitrogens with one attached hydrogen (secondary N) is 1. The third kappa shape index (κ3) is 3.52. The van der Waals surface area contributed by atoms with Crippen LogP contribution in [0, 0.1) is 0 Å². The fraction of sp³-hybridized carbons (Fsp3) is 0.111. The Balaban J connectivity index is 2.64. The van der Waals surface area contributed by atoms with Gasteiger partial charge in [0.25, 0.3) is 0 Å². The Morgan fingerprint density at radius 1 is 1.25 bits per heavy atom. The molecule has 7 heteroatoms. The molecule has 0 aliphatic rings. The maximum atomic E-state index is 11.8. The van der Waals surface area contributed by atoms with E-state index >= 15 is 0 Å². The van der Waals surface area contributed by atoms with Gasteiger partial charge in [0.05, 0.1) is 0 Å². The Kier molecular flexibility index (Phi) is 3.76. The second-order valence-corrected chi connectivity index (χ2v) is 2.66. The minimum atomic E-state index is -2.93. The molecule has 86 valence electrons.